The minimum Gasteiger partial charge on any atom is -0.463 e. The van der Waals surface area contributed by atoms with Crippen LogP contribution in [0, 0.1) is 34.0 Å². The van der Waals surface area contributed by atoms with Crippen LogP contribution in [0.25, 0.3) is 0 Å². The zero-order valence-corrected chi connectivity index (χ0v) is 17.0. The summed E-state index contributed by atoms with van der Waals surface area (Å²) in [6.45, 7) is 6.03. The van der Waals surface area contributed by atoms with E-state index < -0.39 is 17.1 Å². The highest BCUT2D eigenvalue weighted by molar-refractivity contribution is 5.65. The SMILES string of the molecule is CC(=O)OC[C@@]1(O)CC[C@]23C[C@H]1C[C@@H]2CC[C@H]1[C@](C)(CO)[C@H](O)CC[C@@]13C. The minimum absolute atomic E-state index is 0.0367. The molecule has 5 nitrogen and oxygen atoms in total. The molecule has 4 aliphatic rings. The lowest BCUT2D eigenvalue weighted by atomic mass is 9.39. The van der Waals surface area contributed by atoms with E-state index in [1.54, 1.807) is 0 Å². The molecular formula is C22H36O5. The number of ether oxygens (including phenoxy) is 1. The molecule has 4 aliphatic carbocycles. The third-order valence-corrected chi connectivity index (χ3v) is 9.80. The lowest BCUT2D eigenvalue weighted by Crippen LogP contribution is -2.63. The fourth-order valence-electron chi connectivity index (χ4n) is 8.14. The molecule has 154 valence electrons. The third kappa shape index (κ3) is 2.50. The van der Waals surface area contributed by atoms with Gasteiger partial charge in [0.25, 0.3) is 0 Å². The Bertz CT molecular complexity index is 622. The summed E-state index contributed by atoms with van der Waals surface area (Å²) in [7, 11) is 0. The van der Waals surface area contributed by atoms with E-state index in [9.17, 15) is 20.1 Å². The molecule has 0 aliphatic heterocycles. The number of hydrogen-bond donors (Lipinski definition) is 3. The predicted molar refractivity (Wildman–Crippen MR) is 101 cm³/mol. The third-order valence-electron chi connectivity index (χ3n) is 9.80. The van der Waals surface area contributed by atoms with Crippen LogP contribution in [-0.4, -0.2) is 46.2 Å². The number of aliphatic hydroxyl groups excluding tert-OH is 2. The summed E-state index contributed by atoms with van der Waals surface area (Å²) >= 11 is 0. The van der Waals surface area contributed by atoms with Gasteiger partial charge in [-0.2, -0.15) is 0 Å². The molecule has 0 radical (unpaired) electrons. The van der Waals surface area contributed by atoms with Crippen LogP contribution in [-0.2, 0) is 9.53 Å². The number of fused-ring (bicyclic) bond motifs is 2. The van der Waals surface area contributed by atoms with Gasteiger partial charge >= 0.3 is 5.97 Å². The van der Waals surface area contributed by atoms with Gasteiger partial charge in [-0.05, 0) is 80.0 Å². The molecule has 27 heavy (non-hydrogen) atoms. The van der Waals surface area contributed by atoms with E-state index >= 15 is 0 Å². The average molecular weight is 381 g/mol. The van der Waals surface area contributed by atoms with Crippen molar-refractivity contribution in [2.75, 3.05) is 13.2 Å². The van der Waals surface area contributed by atoms with Crippen LogP contribution >= 0.6 is 0 Å². The van der Waals surface area contributed by atoms with Crippen LogP contribution in [0.3, 0.4) is 0 Å². The number of carbonyl (C=O) groups is 1. The topological polar surface area (TPSA) is 87.0 Å². The number of rotatable bonds is 3. The van der Waals surface area contributed by atoms with Gasteiger partial charge in [0.15, 0.2) is 0 Å². The standard InChI is InChI=1S/C22H36O5/c1-14(24)27-13-22(26)9-8-21-11-16(22)10-15(21)4-5-17-19(2,12-23)18(25)6-7-20(17,21)3/h15-18,23,25-26H,4-13H2,1-3H3/t15-,16+,17-,18+,19-,20-,21-,22-/m0/s1. The van der Waals surface area contributed by atoms with Gasteiger partial charge in [-0.15, -0.1) is 0 Å². The smallest absolute Gasteiger partial charge is 0.302 e. The lowest BCUT2D eigenvalue weighted by molar-refractivity contribution is -0.217. The van der Waals surface area contributed by atoms with Crippen molar-refractivity contribution < 1.29 is 24.9 Å². The van der Waals surface area contributed by atoms with Crippen LogP contribution in [0.1, 0.15) is 72.1 Å². The van der Waals surface area contributed by atoms with Crippen molar-refractivity contribution in [1.82, 2.24) is 0 Å². The second kappa shape index (κ2) is 6.17. The summed E-state index contributed by atoms with van der Waals surface area (Å²) in [6, 6.07) is 0. The van der Waals surface area contributed by atoms with Gasteiger partial charge in [-0.25, -0.2) is 0 Å². The van der Waals surface area contributed by atoms with Gasteiger partial charge in [0, 0.05) is 12.3 Å². The maximum atomic E-state index is 11.3. The summed E-state index contributed by atoms with van der Waals surface area (Å²) in [5, 5.41) is 32.2. The molecule has 0 unspecified atom stereocenters. The summed E-state index contributed by atoms with van der Waals surface area (Å²) < 4.78 is 5.23. The van der Waals surface area contributed by atoms with Crippen molar-refractivity contribution in [2.45, 2.75) is 83.8 Å². The Labute approximate surface area is 162 Å². The van der Waals surface area contributed by atoms with Crippen molar-refractivity contribution in [1.29, 1.82) is 0 Å². The number of hydrogen-bond acceptors (Lipinski definition) is 5. The molecule has 2 bridgehead atoms. The summed E-state index contributed by atoms with van der Waals surface area (Å²) in [5.41, 5.74) is -1.06. The average Bonchev–Trinajstić information content (AvgIpc) is 2.98. The van der Waals surface area contributed by atoms with Gasteiger partial charge in [0.1, 0.15) is 12.2 Å². The largest absolute Gasteiger partial charge is 0.463 e. The summed E-state index contributed by atoms with van der Waals surface area (Å²) in [6.07, 6.45) is 7.11. The first-order valence-electron chi connectivity index (χ1n) is 10.8. The maximum absolute atomic E-state index is 11.3. The molecule has 4 rings (SSSR count). The number of carbonyl (C=O) groups excluding carboxylic acids is 1. The second-order valence-corrected chi connectivity index (χ2v) is 10.6. The van der Waals surface area contributed by atoms with Gasteiger partial charge < -0.3 is 20.1 Å². The predicted octanol–water partition coefficient (Wildman–Crippen LogP) is 2.66. The normalized spacial score (nSPS) is 54.1. The quantitative estimate of drug-likeness (QED) is 0.655. The van der Waals surface area contributed by atoms with Gasteiger partial charge in [-0.3, -0.25) is 4.79 Å². The van der Waals surface area contributed by atoms with Gasteiger partial charge in [-0.1, -0.05) is 13.8 Å². The molecule has 1 spiro atoms. The highest BCUT2D eigenvalue weighted by atomic mass is 16.5. The minimum atomic E-state index is -0.894. The Balaban J connectivity index is 1.65. The molecule has 0 aromatic rings. The maximum Gasteiger partial charge on any atom is 0.302 e. The zero-order valence-electron chi connectivity index (χ0n) is 17.0. The van der Waals surface area contributed by atoms with E-state index in [2.05, 4.69) is 13.8 Å². The van der Waals surface area contributed by atoms with Crippen LogP contribution < -0.4 is 0 Å². The molecule has 0 aromatic carbocycles. The van der Waals surface area contributed by atoms with Crippen molar-refractivity contribution in [2.24, 2.45) is 34.0 Å². The van der Waals surface area contributed by atoms with E-state index in [-0.39, 0.29) is 35.9 Å². The first-order chi connectivity index (χ1) is 12.6. The number of aliphatic hydroxyl groups is 3. The Kier molecular flexibility index (Phi) is 4.49. The molecule has 3 N–H and O–H groups in total. The van der Waals surface area contributed by atoms with Crippen LogP contribution in [0.2, 0.25) is 0 Å². The summed E-state index contributed by atoms with van der Waals surface area (Å²) in [5.74, 6) is 0.756. The summed E-state index contributed by atoms with van der Waals surface area (Å²) in [4.78, 5) is 11.3. The van der Waals surface area contributed by atoms with Gasteiger partial charge in [0.2, 0.25) is 0 Å². The molecule has 0 aromatic heterocycles. The Morgan fingerprint density at radius 1 is 1.11 bits per heavy atom. The Hall–Kier alpha value is -0.650. The fraction of sp³-hybridized carbons (Fsp3) is 0.955. The lowest BCUT2D eigenvalue weighted by Gasteiger charge is -2.66. The fourth-order valence-corrected chi connectivity index (χ4v) is 8.14. The molecule has 8 atom stereocenters. The van der Waals surface area contributed by atoms with Crippen molar-refractivity contribution in [3.63, 3.8) is 0 Å². The first kappa shape index (κ1) is 19.7. The van der Waals surface area contributed by atoms with E-state index in [4.69, 9.17) is 4.74 Å². The Morgan fingerprint density at radius 2 is 1.85 bits per heavy atom. The van der Waals surface area contributed by atoms with Crippen LogP contribution in [0.5, 0.6) is 0 Å². The molecule has 0 heterocycles. The molecule has 5 heteroatoms. The molecular weight excluding hydrogens is 344 g/mol. The van der Waals surface area contributed by atoms with Crippen LogP contribution in [0.15, 0.2) is 0 Å². The number of esters is 1. The van der Waals surface area contributed by atoms with E-state index in [0.29, 0.717) is 18.3 Å². The zero-order chi connectivity index (χ0) is 19.7. The molecule has 4 saturated carbocycles. The monoisotopic (exact) mass is 380 g/mol. The van der Waals surface area contributed by atoms with Crippen molar-refractivity contribution >= 4 is 5.97 Å². The van der Waals surface area contributed by atoms with E-state index in [0.717, 1.165) is 44.9 Å². The second-order valence-electron chi connectivity index (χ2n) is 10.6. The molecule has 4 fully saturated rings. The Morgan fingerprint density at radius 3 is 2.52 bits per heavy atom. The highest BCUT2D eigenvalue weighted by Gasteiger charge is 2.70. The van der Waals surface area contributed by atoms with Crippen molar-refractivity contribution in [3.05, 3.63) is 0 Å². The van der Waals surface area contributed by atoms with Crippen LogP contribution in [0.4, 0.5) is 0 Å². The highest BCUT2D eigenvalue weighted by Crippen LogP contribution is 2.75. The van der Waals surface area contributed by atoms with E-state index in [1.807, 2.05) is 0 Å². The van der Waals surface area contributed by atoms with E-state index in [1.165, 1.54) is 6.92 Å². The first-order valence-corrected chi connectivity index (χ1v) is 10.8. The van der Waals surface area contributed by atoms with Gasteiger partial charge in [0.05, 0.1) is 12.7 Å². The van der Waals surface area contributed by atoms with Crippen molar-refractivity contribution in [3.8, 4) is 0 Å². The molecule has 0 saturated heterocycles. The molecule has 0 amide bonds.